The number of likely N-dealkylation sites (tertiary alicyclic amines) is 2. The summed E-state index contributed by atoms with van der Waals surface area (Å²) in [5, 5.41) is 51.7. The number of likely N-dealkylation sites (N-methyl/N-ethyl adjacent to an activating group) is 1. The SMILES string of the molecule is C=CC(=O)N1CCN(c2nc(OC[C@@H]3CC[C@H](CN4CCN(C(=O)C5CCN(Cc6ccc(-n7c(O)nnc7-c7cc(C)c(O)cc7O)cc6)CC5)CC4)N3C)nc3c2CCN(c2cccc4cccc(Cl)c24)C3)C[C@@H]1CC#N. The van der Waals surface area contributed by atoms with E-state index in [9.17, 15) is 30.2 Å². The first-order valence-corrected chi connectivity index (χ1v) is 27.9. The number of anilines is 2. The third kappa shape index (κ3) is 11.1. The lowest BCUT2D eigenvalue weighted by molar-refractivity contribution is -0.139. The molecule has 7 heterocycles. The number of aryl methyl sites for hydroxylation is 1. The van der Waals surface area contributed by atoms with Crippen LogP contribution in [0.2, 0.25) is 5.02 Å². The van der Waals surface area contributed by atoms with Crippen LogP contribution in [0, 0.1) is 24.2 Å². The topological polar surface area (TPSA) is 207 Å². The summed E-state index contributed by atoms with van der Waals surface area (Å²) in [4.78, 5) is 52.7. The van der Waals surface area contributed by atoms with E-state index in [0.29, 0.717) is 73.1 Å². The minimum atomic E-state index is -0.314. The Morgan fingerprint density at radius 2 is 1.59 bits per heavy atom. The first kappa shape index (κ1) is 53.5. The summed E-state index contributed by atoms with van der Waals surface area (Å²) in [7, 11) is 2.19. The fraction of sp³-hybridized carbons (Fsp3) is 0.441. The molecule has 4 fully saturated rings. The molecule has 2 amide bonds. The summed E-state index contributed by atoms with van der Waals surface area (Å²) >= 11 is 6.82. The van der Waals surface area contributed by atoms with E-state index in [2.05, 4.69) is 83.6 Å². The van der Waals surface area contributed by atoms with Crippen molar-refractivity contribution in [3.63, 3.8) is 0 Å². The first-order chi connectivity index (χ1) is 38.3. The minimum Gasteiger partial charge on any atom is -0.508 e. The monoisotopic (exact) mass is 1090 g/mol. The normalized spacial score (nSPS) is 20.6. The number of fused-ring (bicyclic) bond motifs is 2. The average Bonchev–Trinajstić information content (AvgIpc) is 4.06. The van der Waals surface area contributed by atoms with Crippen molar-refractivity contribution in [3.05, 3.63) is 113 Å². The molecule has 5 aliphatic heterocycles. The Morgan fingerprint density at radius 3 is 2.35 bits per heavy atom. The van der Waals surface area contributed by atoms with Crippen LogP contribution in [0.25, 0.3) is 27.8 Å². The average molecular weight is 1090 g/mol. The van der Waals surface area contributed by atoms with E-state index in [0.717, 1.165) is 124 Å². The molecule has 79 heavy (non-hydrogen) atoms. The molecular formula is C59H68ClN13O6. The fourth-order valence-electron chi connectivity index (χ4n) is 12.5. The summed E-state index contributed by atoms with van der Waals surface area (Å²) in [5.41, 5.74) is 5.64. The van der Waals surface area contributed by atoms with Crippen LogP contribution in [0.1, 0.15) is 54.5 Å². The number of aromatic hydroxyl groups is 3. The number of carbonyl (C=O) groups excluding carboxylic acids is 2. The van der Waals surface area contributed by atoms with E-state index in [4.69, 9.17) is 26.3 Å². The van der Waals surface area contributed by atoms with Gasteiger partial charge in [-0.3, -0.25) is 24.3 Å². The molecule has 0 bridgehead atoms. The fourth-order valence-corrected chi connectivity index (χ4v) is 12.8. The van der Waals surface area contributed by atoms with Gasteiger partial charge in [-0.1, -0.05) is 59.7 Å². The van der Waals surface area contributed by atoms with Crippen LogP contribution in [0.5, 0.6) is 23.5 Å². The number of rotatable bonds is 14. The van der Waals surface area contributed by atoms with Crippen molar-refractivity contribution in [2.24, 2.45) is 5.92 Å². The number of ether oxygens (including phenoxy) is 1. The molecule has 20 heteroatoms. The highest BCUT2D eigenvalue weighted by Gasteiger charge is 2.37. The molecule has 5 aliphatic rings. The molecule has 3 atom stereocenters. The predicted molar refractivity (Wildman–Crippen MR) is 302 cm³/mol. The van der Waals surface area contributed by atoms with Gasteiger partial charge in [0, 0.05) is 106 Å². The highest BCUT2D eigenvalue weighted by molar-refractivity contribution is 6.36. The van der Waals surface area contributed by atoms with E-state index in [-0.39, 0.29) is 59.6 Å². The number of nitriles is 1. The van der Waals surface area contributed by atoms with Gasteiger partial charge >= 0.3 is 12.0 Å². The van der Waals surface area contributed by atoms with Gasteiger partial charge in [-0.25, -0.2) is 4.57 Å². The van der Waals surface area contributed by atoms with Gasteiger partial charge in [0.15, 0.2) is 5.82 Å². The molecule has 3 N–H and O–H groups in total. The maximum atomic E-state index is 13.9. The number of hydrogen-bond acceptors (Lipinski definition) is 16. The van der Waals surface area contributed by atoms with Gasteiger partial charge < -0.3 is 39.7 Å². The number of piperidine rings is 1. The maximum Gasteiger partial charge on any atom is 0.319 e. The van der Waals surface area contributed by atoms with Crippen molar-refractivity contribution < 1.29 is 29.6 Å². The third-order valence-electron chi connectivity index (χ3n) is 17.0. The third-order valence-corrected chi connectivity index (χ3v) is 17.4. The molecule has 0 aliphatic carbocycles. The number of phenols is 2. The van der Waals surface area contributed by atoms with Crippen LogP contribution >= 0.6 is 11.6 Å². The van der Waals surface area contributed by atoms with Crippen molar-refractivity contribution in [1.82, 2.24) is 49.2 Å². The van der Waals surface area contributed by atoms with Crippen LogP contribution in [0.15, 0.2) is 85.5 Å². The number of amides is 2. The van der Waals surface area contributed by atoms with Crippen molar-refractivity contribution in [2.75, 3.05) is 95.4 Å². The van der Waals surface area contributed by atoms with Gasteiger partial charge in [0.2, 0.25) is 11.8 Å². The Kier molecular flexibility index (Phi) is 15.6. The summed E-state index contributed by atoms with van der Waals surface area (Å²) < 4.78 is 8.07. The predicted octanol–water partition coefficient (Wildman–Crippen LogP) is 6.53. The van der Waals surface area contributed by atoms with E-state index >= 15 is 0 Å². The summed E-state index contributed by atoms with van der Waals surface area (Å²) in [6, 6.07) is 25.4. The van der Waals surface area contributed by atoms with Crippen molar-refractivity contribution in [1.29, 1.82) is 5.26 Å². The second kappa shape index (κ2) is 23.1. The lowest BCUT2D eigenvalue weighted by atomic mass is 9.94. The molecule has 4 saturated heterocycles. The lowest BCUT2D eigenvalue weighted by Crippen LogP contribution is -2.55. The van der Waals surface area contributed by atoms with Gasteiger partial charge in [-0.2, -0.15) is 15.2 Å². The van der Waals surface area contributed by atoms with Gasteiger partial charge in [-0.05, 0) is 112 Å². The number of hydrogen-bond donors (Lipinski definition) is 3. The number of nitrogens with zero attached hydrogens (tertiary/aromatic N) is 13. The Labute approximate surface area is 465 Å². The van der Waals surface area contributed by atoms with Gasteiger partial charge in [0.05, 0.1) is 47.0 Å². The van der Waals surface area contributed by atoms with Crippen LogP contribution in [0.3, 0.4) is 0 Å². The molecule has 0 unspecified atom stereocenters. The second-order valence-corrected chi connectivity index (χ2v) is 22.2. The van der Waals surface area contributed by atoms with E-state index < -0.39 is 0 Å². The van der Waals surface area contributed by atoms with E-state index in [1.54, 1.807) is 17.9 Å². The van der Waals surface area contributed by atoms with Crippen LogP contribution in [0.4, 0.5) is 11.5 Å². The molecular weight excluding hydrogens is 1020 g/mol. The Bertz CT molecular complexity index is 3270. The summed E-state index contributed by atoms with van der Waals surface area (Å²) in [5.74, 6) is 0.959. The second-order valence-electron chi connectivity index (χ2n) is 21.8. The zero-order valence-electron chi connectivity index (χ0n) is 44.9. The number of aromatic nitrogens is 5. The first-order valence-electron chi connectivity index (χ1n) is 27.6. The Balaban J connectivity index is 0.673. The number of benzene rings is 4. The molecule has 0 radical (unpaired) electrons. The molecule has 6 aromatic rings. The number of carbonyl (C=O) groups is 2. The van der Waals surface area contributed by atoms with Crippen LogP contribution in [-0.4, -0.2) is 180 Å². The molecule has 0 saturated carbocycles. The quantitative estimate of drug-likeness (QED) is 0.0991. The molecule has 11 rings (SSSR count). The highest BCUT2D eigenvalue weighted by atomic mass is 35.5. The zero-order chi connectivity index (χ0) is 54.9. The standard InChI is InChI=1S/C59H68ClN13O6/c1-4-53(76)72-30-29-71(35-44(72)17-21-61)55-46-20-24-70(50-10-6-8-40-7-5-9-48(60)54(40)50)36-49(46)62-58(63-55)79-37-45-16-15-43(66(45)3)34-68-25-27-69(28-26-68)57(77)41-18-22-67(23-19-41)33-39-11-13-42(14-12-39)73-56(64-65-59(73)78)47-31-38(2)51(74)32-52(47)75/h4-14,31-32,41,43-45,74-75H,1,15-20,22-30,33-37H2,2-3H3,(H,65,78)/t43-,44+,45+/m1/s1. The lowest BCUT2D eigenvalue weighted by Gasteiger charge is -2.42. The van der Waals surface area contributed by atoms with Gasteiger partial charge in [0.1, 0.15) is 23.9 Å². The smallest absolute Gasteiger partial charge is 0.319 e. The summed E-state index contributed by atoms with van der Waals surface area (Å²) in [6.07, 6.45) is 5.88. The maximum absolute atomic E-state index is 13.9. The Morgan fingerprint density at radius 1 is 0.835 bits per heavy atom. The molecule has 4 aromatic carbocycles. The molecule has 2 aromatic heterocycles. The Hall–Kier alpha value is -7.50. The van der Waals surface area contributed by atoms with E-state index in [1.807, 2.05) is 36.4 Å². The molecule has 412 valence electrons. The van der Waals surface area contributed by atoms with Gasteiger partial charge in [-0.15, -0.1) is 5.10 Å². The molecule has 0 spiro atoms. The zero-order valence-corrected chi connectivity index (χ0v) is 45.7. The van der Waals surface area contributed by atoms with Crippen LogP contribution in [-0.2, 0) is 29.1 Å². The number of halogens is 1. The van der Waals surface area contributed by atoms with Crippen molar-refractivity contribution in [3.8, 4) is 46.7 Å². The minimum absolute atomic E-state index is 0.0121. The van der Waals surface area contributed by atoms with Crippen molar-refractivity contribution >= 4 is 45.7 Å². The van der Waals surface area contributed by atoms with Crippen LogP contribution < -0.4 is 14.5 Å². The van der Waals surface area contributed by atoms with E-state index in [1.165, 1.54) is 16.7 Å². The van der Waals surface area contributed by atoms with Gasteiger partial charge in [0.25, 0.3) is 0 Å². The number of phenolic OH excluding ortho intramolecular Hbond substituents is 2. The number of piperazine rings is 2. The molecule has 19 nitrogen and oxygen atoms in total. The summed E-state index contributed by atoms with van der Waals surface area (Å²) in [6.45, 7) is 15.1. The van der Waals surface area contributed by atoms with Crippen molar-refractivity contribution in [2.45, 2.75) is 76.7 Å². The largest absolute Gasteiger partial charge is 0.508 e. The highest BCUT2D eigenvalue weighted by Crippen LogP contribution is 2.39.